The molecule has 0 N–H and O–H groups in total. The molecule has 0 unspecified atom stereocenters. The van der Waals surface area contributed by atoms with Gasteiger partial charge < -0.3 is 4.42 Å². The monoisotopic (exact) mass is 251 g/mol. The van der Waals surface area contributed by atoms with Gasteiger partial charge in [0.25, 0.3) is 10.9 Å². The van der Waals surface area contributed by atoms with Crippen LogP contribution in [-0.2, 0) is 6.42 Å². The first kappa shape index (κ1) is 11.6. The second-order valence-electron chi connectivity index (χ2n) is 3.27. The van der Waals surface area contributed by atoms with Crippen molar-refractivity contribution in [3.8, 4) is 0 Å². The number of nitrogens with zero attached hydrogens (tertiary/aromatic N) is 3. The average molecular weight is 251 g/mol. The fraction of sp³-hybridized carbons (Fsp3) is 0.200. The van der Waals surface area contributed by atoms with E-state index in [0.717, 1.165) is 5.56 Å². The Morgan fingerprint density at radius 1 is 1.35 bits per heavy atom. The van der Waals surface area contributed by atoms with Crippen LogP contribution in [-0.4, -0.2) is 21.4 Å². The maximum Gasteiger partial charge on any atom is 0.276 e. The number of hydrogen-bond donors (Lipinski definition) is 0. The number of thioether (sulfide) groups is 1. The van der Waals surface area contributed by atoms with E-state index in [1.807, 2.05) is 6.26 Å². The summed E-state index contributed by atoms with van der Waals surface area (Å²) in [6.45, 7) is 0. The van der Waals surface area contributed by atoms with Crippen molar-refractivity contribution in [2.24, 2.45) is 0 Å². The number of rotatable bonds is 4. The Kier molecular flexibility index (Phi) is 3.38. The van der Waals surface area contributed by atoms with E-state index in [9.17, 15) is 10.1 Å². The lowest BCUT2D eigenvalue weighted by Gasteiger charge is -1.96. The van der Waals surface area contributed by atoms with Gasteiger partial charge in [-0.3, -0.25) is 10.1 Å². The topological polar surface area (TPSA) is 82.1 Å². The fourth-order valence-electron chi connectivity index (χ4n) is 1.30. The van der Waals surface area contributed by atoms with Crippen molar-refractivity contribution in [2.45, 2.75) is 11.6 Å². The van der Waals surface area contributed by atoms with Crippen molar-refractivity contribution in [1.29, 1.82) is 0 Å². The van der Waals surface area contributed by atoms with Crippen LogP contribution in [0.3, 0.4) is 0 Å². The van der Waals surface area contributed by atoms with Crippen LogP contribution in [0.4, 0.5) is 5.69 Å². The van der Waals surface area contributed by atoms with Gasteiger partial charge in [-0.25, -0.2) is 0 Å². The van der Waals surface area contributed by atoms with Gasteiger partial charge in [0.15, 0.2) is 0 Å². The molecule has 0 spiro atoms. The molecule has 1 heterocycles. The Morgan fingerprint density at radius 2 is 2.06 bits per heavy atom. The van der Waals surface area contributed by atoms with Crippen LogP contribution < -0.4 is 0 Å². The number of aromatic nitrogens is 2. The van der Waals surface area contributed by atoms with Crippen LogP contribution in [0.25, 0.3) is 0 Å². The van der Waals surface area contributed by atoms with Crippen molar-refractivity contribution in [3.63, 3.8) is 0 Å². The maximum atomic E-state index is 10.5. The zero-order valence-corrected chi connectivity index (χ0v) is 9.81. The van der Waals surface area contributed by atoms with Gasteiger partial charge in [-0.1, -0.05) is 23.9 Å². The molecule has 0 atom stereocenters. The third kappa shape index (κ3) is 2.82. The highest BCUT2D eigenvalue weighted by atomic mass is 32.2. The summed E-state index contributed by atoms with van der Waals surface area (Å²) >= 11 is 1.38. The third-order valence-corrected chi connectivity index (χ3v) is 2.64. The summed E-state index contributed by atoms with van der Waals surface area (Å²) < 4.78 is 5.32. The fourth-order valence-corrected chi connectivity index (χ4v) is 1.60. The first-order chi connectivity index (χ1) is 8.19. The molecular weight excluding hydrogens is 242 g/mol. The highest BCUT2D eigenvalue weighted by Gasteiger charge is 2.08. The smallest absolute Gasteiger partial charge is 0.276 e. The Morgan fingerprint density at radius 3 is 2.59 bits per heavy atom. The number of non-ortho nitro benzene ring substituents is 1. The van der Waals surface area contributed by atoms with Crippen LogP contribution in [0, 0.1) is 10.1 Å². The first-order valence-corrected chi connectivity index (χ1v) is 6.01. The highest BCUT2D eigenvalue weighted by Crippen LogP contribution is 2.17. The normalized spacial score (nSPS) is 10.4. The molecule has 17 heavy (non-hydrogen) atoms. The molecule has 0 radical (unpaired) electrons. The molecule has 1 aromatic heterocycles. The van der Waals surface area contributed by atoms with E-state index in [1.165, 1.54) is 23.9 Å². The number of benzene rings is 1. The lowest BCUT2D eigenvalue weighted by atomic mass is 10.1. The van der Waals surface area contributed by atoms with E-state index < -0.39 is 4.92 Å². The van der Waals surface area contributed by atoms with Crippen LogP contribution >= 0.6 is 11.8 Å². The molecule has 0 fully saturated rings. The van der Waals surface area contributed by atoms with Gasteiger partial charge in [-0.05, 0) is 11.8 Å². The number of nitro benzene ring substituents is 1. The van der Waals surface area contributed by atoms with E-state index in [4.69, 9.17) is 4.42 Å². The number of nitro groups is 1. The Balaban J connectivity index is 2.10. The van der Waals surface area contributed by atoms with Gasteiger partial charge in [0, 0.05) is 12.1 Å². The molecule has 0 aliphatic rings. The predicted molar refractivity (Wildman–Crippen MR) is 62.0 cm³/mol. The zero-order chi connectivity index (χ0) is 12.3. The Bertz CT molecular complexity index is 524. The lowest BCUT2D eigenvalue weighted by molar-refractivity contribution is -0.384. The minimum Gasteiger partial charge on any atom is -0.416 e. The Labute approximate surface area is 101 Å². The van der Waals surface area contributed by atoms with Crippen LogP contribution in [0.2, 0.25) is 0 Å². The molecule has 0 aliphatic carbocycles. The molecule has 1 aromatic carbocycles. The summed E-state index contributed by atoms with van der Waals surface area (Å²) in [5.41, 5.74) is 0.969. The van der Waals surface area contributed by atoms with E-state index in [1.54, 1.807) is 12.1 Å². The molecular formula is C10H9N3O3S. The maximum absolute atomic E-state index is 10.5. The van der Waals surface area contributed by atoms with Crippen molar-refractivity contribution in [3.05, 3.63) is 45.8 Å². The van der Waals surface area contributed by atoms with Gasteiger partial charge in [0.2, 0.25) is 5.89 Å². The second-order valence-corrected chi connectivity index (χ2v) is 4.02. The van der Waals surface area contributed by atoms with E-state index >= 15 is 0 Å². The molecule has 6 nitrogen and oxygen atoms in total. The Hall–Kier alpha value is -1.89. The molecule has 2 rings (SSSR count). The van der Waals surface area contributed by atoms with Crippen LogP contribution in [0.15, 0.2) is 33.9 Å². The van der Waals surface area contributed by atoms with Crippen molar-refractivity contribution >= 4 is 17.4 Å². The zero-order valence-electron chi connectivity index (χ0n) is 8.99. The van der Waals surface area contributed by atoms with Crippen LogP contribution in [0.1, 0.15) is 11.5 Å². The largest absolute Gasteiger partial charge is 0.416 e. The number of hydrogen-bond acceptors (Lipinski definition) is 6. The van der Waals surface area contributed by atoms with E-state index in [-0.39, 0.29) is 5.69 Å². The first-order valence-electron chi connectivity index (χ1n) is 4.79. The molecule has 0 amide bonds. The van der Waals surface area contributed by atoms with Gasteiger partial charge in [0.05, 0.1) is 11.3 Å². The summed E-state index contributed by atoms with van der Waals surface area (Å²) in [6, 6.07) is 6.28. The quantitative estimate of drug-likeness (QED) is 0.471. The van der Waals surface area contributed by atoms with Gasteiger partial charge >= 0.3 is 0 Å². The SMILES string of the molecule is CSc1nnc(Cc2ccc([N+](=O)[O-])cc2)o1. The third-order valence-electron chi connectivity index (χ3n) is 2.13. The van der Waals surface area contributed by atoms with E-state index in [0.29, 0.717) is 17.5 Å². The summed E-state index contributed by atoms with van der Waals surface area (Å²) in [5.74, 6) is 0.503. The summed E-state index contributed by atoms with van der Waals surface area (Å²) in [6.07, 6.45) is 2.33. The molecule has 0 aliphatic heterocycles. The summed E-state index contributed by atoms with van der Waals surface area (Å²) in [4.78, 5) is 10.0. The van der Waals surface area contributed by atoms with Crippen molar-refractivity contribution in [1.82, 2.24) is 10.2 Å². The highest BCUT2D eigenvalue weighted by molar-refractivity contribution is 7.98. The molecule has 2 aromatic rings. The van der Waals surface area contributed by atoms with Gasteiger partial charge in [-0.15, -0.1) is 10.2 Å². The van der Waals surface area contributed by atoms with E-state index in [2.05, 4.69) is 10.2 Å². The molecule has 0 bridgehead atoms. The van der Waals surface area contributed by atoms with Crippen molar-refractivity contribution < 1.29 is 9.34 Å². The minimum atomic E-state index is -0.428. The molecule has 0 saturated heterocycles. The summed E-state index contributed by atoms with van der Waals surface area (Å²) in [5, 5.41) is 18.7. The molecule has 88 valence electrons. The predicted octanol–water partition coefficient (Wildman–Crippen LogP) is 2.29. The van der Waals surface area contributed by atoms with Crippen molar-refractivity contribution in [2.75, 3.05) is 6.26 Å². The average Bonchev–Trinajstić information content (AvgIpc) is 2.77. The van der Waals surface area contributed by atoms with Gasteiger partial charge in [0.1, 0.15) is 0 Å². The minimum absolute atomic E-state index is 0.0732. The summed E-state index contributed by atoms with van der Waals surface area (Å²) in [7, 11) is 0. The standard InChI is InChI=1S/C10H9N3O3S/c1-17-10-12-11-9(16-10)6-7-2-4-8(5-3-7)13(14)15/h2-5H,6H2,1H3. The molecule has 7 heteroatoms. The van der Waals surface area contributed by atoms with Crippen LogP contribution in [0.5, 0.6) is 0 Å². The lowest BCUT2D eigenvalue weighted by Crippen LogP contribution is -1.91. The van der Waals surface area contributed by atoms with Gasteiger partial charge in [-0.2, -0.15) is 0 Å². The molecule has 0 saturated carbocycles. The second kappa shape index (κ2) is 4.96.